The molecule has 1 nitrogen and oxygen atoms in total. The van der Waals surface area contributed by atoms with Gasteiger partial charge in [0.2, 0.25) is 0 Å². The predicted molar refractivity (Wildman–Crippen MR) is 79.2 cm³/mol. The Bertz CT molecular complexity index is 688. The molecule has 0 N–H and O–H groups in total. The molecule has 90 valence electrons. The van der Waals surface area contributed by atoms with Crippen molar-refractivity contribution in [3.63, 3.8) is 0 Å². The van der Waals surface area contributed by atoms with E-state index in [1.54, 1.807) is 11.8 Å². The second-order valence-electron chi connectivity index (χ2n) is 4.04. The second kappa shape index (κ2) is 4.82. The molecule has 0 spiro atoms. The maximum atomic E-state index is 5.78. The van der Waals surface area contributed by atoms with Crippen LogP contribution in [0.2, 0.25) is 0 Å². The summed E-state index contributed by atoms with van der Waals surface area (Å²) >= 11 is 5.25. The molecule has 1 heterocycles. The van der Waals surface area contributed by atoms with Crippen molar-refractivity contribution in [2.45, 2.75) is 16.7 Å². The summed E-state index contributed by atoms with van der Waals surface area (Å²) in [4.78, 5) is 2.42. The van der Waals surface area contributed by atoms with Gasteiger partial charge in [-0.25, -0.2) is 0 Å². The zero-order valence-electron chi connectivity index (χ0n) is 9.81. The van der Waals surface area contributed by atoms with E-state index in [9.17, 15) is 0 Å². The second-order valence-corrected chi connectivity index (χ2v) is 6.04. The fraction of sp³-hybridized carbons (Fsp3) is 0.0667. The number of aryl methyl sites for hydroxylation is 1. The SMILES string of the molecule is Cc1oc2ccc(Br)cc2c1Sc1ccccc1. The number of furan rings is 1. The summed E-state index contributed by atoms with van der Waals surface area (Å²) in [6.45, 7) is 2.01. The van der Waals surface area contributed by atoms with Crippen LogP contribution in [-0.4, -0.2) is 0 Å². The number of fused-ring (bicyclic) bond motifs is 1. The van der Waals surface area contributed by atoms with E-state index >= 15 is 0 Å². The predicted octanol–water partition coefficient (Wildman–Crippen LogP) is 5.65. The number of halogens is 1. The van der Waals surface area contributed by atoms with Crippen molar-refractivity contribution in [2.24, 2.45) is 0 Å². The van der Waals surface area contributed by atoms with Crippen LogP contribution in [0.15, 0.2) is 67.2 Å². The summed E-state index contributed by atoms with van der Waals surface area (Å²) < 4.78 is 6.86. The van der Waals surface area contributed by atoms with Crippen LogP contribution in [0.25, 0.3) is 11.0 Å². The Morgan fingerprint density at radius 1 is 1.06 bits per heavy atom. The molecule has 2 aromatic carbocycles. The summed E-state index contributed by atoms with van der Waals surface area (Å²) in [5.74, 6) is 0.969. The molecule has 0 aliphatic heterocycles. The van der Waals surface area contributed by atoms with Gasteiger partial charge >= 0.3 is 0 Å². The highest BCUT2D eigenvalue weighted by Gasteiger charge is 2.12. The molecule has 0 atom stereocenters. The van der Waals surface area contributed by atoms with Gasteiger partial charge < -0.3 is 4.42 Å². The molecule has 3 aromatic rings. The standard InChI is InChI=1S/C15H11BrOS/c1-10-15(18-12-5-3-2-4-6-12)13-9-11(16)7-8-14(13)17-10/h2-9H,1H3. The van der Waals surface area contributed by atoms with Crippen LogP contribution in [0.4, 0.5) is 0 Å². The van der Waals surface area contributed by atoms with Crippen LogP contribution < -0.4 is 0 Å². The van der Waals surface area contributed by atoms with Gasteiger partial charge in [0.05, 0.1) is 4.90 Å². The molecular weight excluding hydrogens is 308 g/mol. The maximum absolute atomic E-state index is 5.78. The van der Waals surface area contributed by atoms with E-state index in [0.717, 1.165) is 21.2 Å². The van der Waals surface area contributed by atoms with Gasteiger partial charge in [-0.1, -0.05) is 45.9 Å². The average molecular weight is 319 g/mol. The molecule has 0 aliphatic rings. The number of hydrogen-bond acceptors (Lipinski definition) is 2. The summed E-state index contributed by atoms with van der Waals surface area (Å²) in [5.41, 5.74) is 0.939. The Kier molecular flexibility index (Phi) is 3.18. The molecule has 18 heavy (non-hydrogen) atoms. The van der Waals surface area contributed by atoms with Crippen molar-refractivity contribution in [1.82, 2.24) is 0 Å². The molecule has 0 saturated heterocycles. The minimum Gasteiger partial charge on any atom is -0.460 e. The smallest absolute Gasteiger partial charge is 0.135 e. The van der Waals surface area contributed by atoms with Crippen molar-refractivity contribution < 1.29 is 4.42 Å². The van der Waals surface area contributed by atoms with Crippen molar-refractivity contribution in [3.8, 4) is 0 Å². The van der Waals surface area contributed by atoms with Crippen LogP contribution in [0.5, 0.6) is 0 Å². The van der Waals surface area contributed by atoms with Gasteiger partial charge in [0.25, 0.3) is 0 Å². The molecular formula is C15H11BrOS. The molecule has 3 heteroatoms. The zero-order valence-corrected chi connectivity index (χ0v) is 12.2. The Morgan fingerprint density at radius 3 is 2.61 bits per heavy atom. The molecule has 0 unspecified atom stereocenters. The van der Waals surface area contributed by atoms with Crippen molar-refractivity contribution in [1.29, 1.82) is 0 Å². The van der Waals surface area contributed by atoms with Crippen LogP contribution in [0, 0.1) is 6.92 Å². The third-order valence-electron chi connectivity index (χ3n) is 2.73. The third kappa shape index (κ3) is 2.20. The Balaban J connectivity index is 2.11. The molecule has 1 aromatic heterocycles. The Hall–Kier alpha value is -1.19. The van der Waals surface area contributed by atoms with Gasteiger partial charge in [-0.15, -0.1) is 0 Å². The first-order valence-corrected chi connectivity index (χ1v) is 7.26. The number of rotatable bonds is 2. The highest BCUT2D eigenvalue weighted by atomic mass is 79.9. The van der Waals surface area contributed by atoms with Gasteiger partial charge in [0, 0.05) is 14.8 Å². The van der Waals surface area contributed by atoms with Gasteiger partial charge in [-0.05, 0) is 37.3 Å². The van der Waals surface area contributed by atoms with E-state index in [1.807, 2.05) is 25.1 Å². The lowest BCUT2D eigenvalue weighted by Gasteiger charge is -2.00. The first-order valence-electron chi connectivity index (χ1n) is 5.65. The molecule has 0 amide bonds. The van der Waals surface area contributed by atoms with Crippen molar-refractivity contribution >= 4 is 38.7 Å². The Morgan fingerprint density at radius 2 is 1.83 bits per heavy atom. The molecule has 0 fully saturated rings. The van der Waals surface area contributed by atoms with E-state index in [0.29, 0.717) is 0 Å². The summed E-state index contributed by atoms with van der Waals surface area (Å²) in [6, 6.07) is 16.5. The fourth-order valence-corrected chi connectivity index (χ4v) is 3.25. The summed E-state index contributed by atoms with van der Waals surface area (Å²) in [6.07, 6.45) is 0. The lowest BCUT2D eigenvalue weighted by molar-refractivity contribution is 0.568. The highest BCUT2D eigenvalue weighted by Crippen LogP contribution is 2.38. The van der Waals surface area contributed by atoms with Crippen LogP contribution in [-0.2, 0) is 0 Å². The van der Waals surface area contributed by atoms with E-state index in [4.69, 9.17) is 4.42 Å². The van der Waals surface area contributed by atoms with Gasteiger partial charge in [-0.3, -0.25) is 0 Å². The Labute approximate surface area is 118 Å². The van der Waals surface area contributed by atoms with Gasteiger partial charge in [0.1, 0.15) is 11.3 Å². The lowest BCUT2D eigenvalue weighted by atomic mass is 10.2. The fourth-order valence-electron chi connectivity index (χ4n) is 1.90. The van der Waals surface area contributed by atoms with E-state index in [2.05, 4.69) is 46.3 Å². The zero-order chi connectivity index (χ0) is 12.5. The normalized spacial score (nSPS) is 11.0. The third-order valence-corrected chi connectivity index (χ3v) is 4.44. The first kappa shape index (κ1) is 11.9. The van der Waals surface area contributed by atoms with E-state index in [1.165, 1.54) is 9.79 Å². The molecule has 3 rings (SSSR count). The molecule has 0 aliphatic carbocycles. The monoisotopic (exact) mass is 318 g/mol. The molecule has 0 radical (unpaired) electrons. The number of hydrogen-bond donors (Lipinski definition) is 0. The topological polar surface area (TPSA) is 13.1 Å². The number of benzene rings is 2. The van der Waals surface area contributed by atoms with E-state index in [-0.39, 0.29) is 0 Å². The average Bonchev–Trinajstić information content (AvgIpc) is 2.67. The maximum Gasteiger partial charge on any atom is 0.135 e. The van der Waals surface area contributed by atoms with Crippen LogP contribution in [0.1, 0.15) is 5.76 Å². The van der Waals surface area contributed by atoms with Crippen molar-refractivity contribution in [2.75, 3.05) is 0 Å². The summed E-state index contributed by atoms with van der Waals surface area (Å²) in [7, 11) is 0. The van der Waals surface area contributed by atoms with Gasteiger partial charge in [0.15, 0.2) is 0 Å². The highest BCUT2D eigenvalue weighted by molar-refractivity contribution is 9.10. The minimum atomic E-state index is 0.939. The molecule has 0 bridgehead atoms. The van der Waals surface area contributed by atoms with Crippen LogP contribution in [0.3, 0.4) is 0 Å². The first-order chi connectivity index (χ1) is 8.74. The largest absolute Gasteiger partial charge is 0.460 e. The summed E-state index contributed by atoms with van der Waals surface area (Å²) in [5, 5.41) is 1.16. The van der Waals surface area contributed by atoms with Gasteiger partial charge in [-0.2, -0.15) is 0 Å². The van der Waals surface area contributed by atoms with Crippen molar-refractivity contribution in [3.05, 3.63) is 58.8 Å². The van der Waals surface area contributed by atoms with Crippen LogP contribution >= 0.6 is 27.7 Å². The molecule has 0 saturated carbocycles. The minimum absolute atomic E-state index is 0.939. The van der Waals surface area contributed by atoms with E-state index < -0.39 is 0 Å². The quantitative estimate of drug-likeness (QED) is 0.605. The lowest BCUT2D eigenvalue weighted by Crippen LogP contribution is -1.74.